The molecule has 0 aromatic heterocycles. The number of aromatic hydroxyl groups is 2. The van der Waals surface area contributed by atoms with Gasteiger partial charge in [-0.1, -0.05) is 107 Å². The van der Waals surface area contributed by atoms with E-state index in [1.807, 2.05) is 83.1 Å². The van der Waals surface area contributed by atoms with Crippen molar-refractivity contribution in [1.82, 2.24) is 0 Å². The van der Waals surface area contributed by atoms with E-state index in [4.69, 9.17) is 0 Å². The molecule has 0 aliphatic carbocycles. The number of phenolic OH excluding ortho intramolecular Hbond substituents is 2. The molecule has 0 radical (unpaired) electrons. The zero-order valence-electron chi connectivity index (χ0n) is 26.6. The topological polar surface area (TPSA) is 155 Å². The largest absolute Gasteiger partial charge is 2.00 e. The number of hydrogen-bond acceptors (Lipinski definition) is 8. The Kier molecular flexibility index (Phi) is 13.1. The van der Waals surface area contributed by atoms with Gasteiger partial charge >= 0.3 is 37.7 Å². The monoisotopic (exact) mass is 638 g/mol. The van der Waals surface area contributed by atoms with E-state index in [0.29, 0.717) is 33.4 Å². The SMILES string of the molecule is CC(C)(C)c1cc(CS(=O)(=O)[O-])cc(C(C)(C)C)c1O.CC(C)(C)c1cc(CS(=O)(=O)[O-])cc(C(C)(C)C)c1O.[Ca+2]. The van der Waals surface area contributed by atoms with E-state index in [9.17, 15) is 36.2 Å². The molecule has 0 atom stereocenters. The van der Waals surface area contributed by atoms with E-state index in [2.05, 4.69) is 0 Å². The maximum atomic E-state index is 11.0. The number of hydrogen-bond donors (Lipinski definition) is 2. The summed E-state index contributed by atoms with van der Waals surface area (Å²) in [5.74, 6) is -0.757. The van der Waals surface area contributed by atoms with Crippen LogP contribution in [0.25, 0.3) is 0 Å². The quantitative estimate of drug-likeness (QED) is 0.320. The summed E-state index contributed by atoms with van der Waals surface area (Å²) in [5, 5.41) is 20.9. The molecule has 8 nitrogen and oxygen atoms in total. The van der Waals surface area contributed by atoms with E-state index in [1.54, 1.807) is 24.3 Å². The fourth-order valence-electron chi connectivity index (χ4n) is 4.25. The van der Waals surface area contributed by atoms with Crippen molar-refractivity contribution in [3.8, 4) is 11.5 Å². The van der Waals surface area contributed by atoms with E-state index < -0.39 is 31.7 Å². The Morgan fingerprint density at radius 2 is 0.683 bits per heavy atom. The summed E-state index contributed by atoms with van der Waals surface area (Å²) in [6.45, 7) is 23.2. The van der Waals surface area contributed by atoms with Crippen LogP contribution in [0.15, 0.2) is 24.3 Å². The normalized spacial score (nSPS) is 13.2. The standard InChI is InChI=1S/2C15H24O4S.Ca/c2*1-14(2,3)11-7-10(9-20(17,18)19)8-12(13(11)16)15(4,5)6;/h2*7-8,16H,9H2,1-6H3,(H,17,18,19);/q;;+2/p-2. The zero-order chi connectivity index (χ0) is 31.9. The summed E-state index contributed by atoms with van der Waals surface area (Å²) in [6, 6.07) is 6.44. The first kappa shape index (κ1) is 40.1. The Hall–Kier alpha value is -0.880. The van der Waals surface area contributed by atoms with Gasteiger partial charge in [0.15, 0.2) is 0 Å². The summed E-state index contributed by atoms with van der Waals surface area (Å²) < 4.78 is 65.9. The summed E-state index contributed by atoms with van der Waals surface area (Å²) in [7, 11) is -8.69. The van der Waals surface area contributed by atoms with E-state index in [1.165, 1.54) is 0 Å². The first-order valence-corrected chi connectivity index (χ1v) is 16.2. The Balaban J connectivity index is 0.000000762. The van der Waals surface area contributed by atoms with Gasteiger partial charge in [0.25, 0.3) is 0 Å². The zero-order valence-corrected chi connectivity index (χ0v) is 30.4. The molecule has 0 bridgehead atoms. The van der Waals surface area contributed by atoms with Crippen LogP contribution in [-0.2, 0) is 53.4 Å². The molecular formula is C30H46CaO8S2. The first-order chi connectivity index (χ1) is 17.4. The molecule has 0 heterocycles. The Morgan fingerprint density at radius 3 is 0.805 bits per heavy atom. The molecule has 0 amide bonds. The summed E-state index contributed by atoms with van der Waals surface area (Å²) >= 11 is 0. The van der Waals surface area contributed by atoms with Crippen LogP contribution < -0.4 is 0 Å². The Labute approximate surface area is 277 Å². The summed E-state index contributed by atoms with van der Waals surface area (Å²) in [6.07, 6.45) is 0. The van der Waals surface area contributed by atoms with Crippen molar-refractivity contribution < 1.29 is 36.2 Å². The fraction of sp³-hybridized carbons (Fsp3) is 0.600. The molecule has 0 saturated heterocycles. The molecule has 0 saturated carbocycles. The molecule has 41 heavy (non-hydrogen) atoms. The fourth-order valence-corrected chi connectivity index (χ4v) is 5.40. The molecule has 11 heteroatoms. The molecule has 0 fully saturated rings. The van der Waals surface area contributed by atoms with Gasteiger partial charge in [-0.25, -0.2) is 16.8 Å². The van der Waals surface area contributed by atoms with Crippen LogP contribution in [0.4, 0.5) is 0 Å². The molecular weight excluding hydrogens is 593 g/mol. The first-order valence-electron chi connectivity index (χ1n) is 13.0. The minimum Gasteiger partial charge on any atom is -0.748 e. The molecule has 2 rings (SSSR count). The van der Waals surface area contributed by atoms with Crippen molar-refractivity contribution in [2.24, 2.45) is 0 Å². The smallest absolute Gasteiger partial charge is 0.748 e. The van der Waals surface area contributed by atoms with E-state index in [0.717, 1.165) is 0 Å². The molecule has 0 aliphatic rings. The third kappa shape index (κ3) is 12.7. The Morgan fingerprint density at radius 1 is 0.512 bits per heavy atom. The molecule has 2 aromatic carbocycles. The molecule has 228 valence electrons. The van der Waals surface area contributed by atoms with Crippen molar-refractivity contribution in [2.75, 3.05) is 0 Å². The van der Waals surface area contributed by atoms with Gasteiger partial charge in [-0.2, -0.15) is 0 Å². The van der Waals surface area contributed by atoms with Crippen LogP contribution in [0.3, 0.4) is 0 Å². The molecule has 2 aromatic rings. The second kappa shape index (κ2) is 13.4. The molecule has 0 unspecified atom stereocenters. The van der Waals surface area contributed by atoms with Crippen molar-refractivity contribution in [3.05, 3.63) is 57.6 Å². The summed E-state index contributed by atoms with van der Waals surface area (Å²) in [4.78, 5) is 0. The van der Waals surface area contributed by atoms with Gasteiger partial charge in [0.2, 0.25) is 0 Å². The predicted octanol–water partition coefficient (Wildman–Crippen LogP) is 5.68. The minimum absolute atomic E-state index is 0. The van der Waals surface area contributed by atoms with Crippen LogP contribution in [0.5, 0.6) is 11.5 Å². The van der Waals surface area contributed by atoms with Crippen LogP contribution >= 0.6 is 0 Å². The van der Waals surface area contributed by atoms with Gasteiger partial charge in [-0.05, 0) is 55.0 Å². The van der Waals surface area contributed by atoms with Crippen molar-refractivity contribution in [3.63, 3.8) is 0 Å². The second-order valence-corrected chi connectivity index (χ2v) is 17.3. The third-order valence-electron chi connectivity index (χ3n) is 6.26. The van der Waals surface area contributed by atoms with E-state index in [-0.39, 0.29) is 70.9 Å². The van der Waals surface area contributed by atoms with Crippen molar-refractivity contribution in [1.29, 1.82) is 0 Å². The van der Waals surface area contributed by atoms with Crippen LogP contribution in [0.1, 0.15) is 116 Å². The predicted molar refractivity (Wildman–Crippen MR) is 164 cm³/mol. The minimum atomic E-state index is -4.35. The summed E-state index contributed by atoms with van der Waals surface area (Å²) in [5.41, 5.74) is 2.11. The maximum absolute atomic E-state index is 11.0. The van der Waals surface area contributed by atoms with Crippen molar-refractivity contribution >= 4 is 58.0 Å². The van der Waals surface area contributed by atoms with Gasteiger partial charge in [-0.15, -0.1) is 0 Å². The van der Waals surface area contributed by atoms with Gasteiger partial charge in [0.1, 0.15) is 11.5 Å². The van der Waals surface area contributed by atoms with Gasteiger partial charge < -0.3 is 19.3 Å². The van der Waals surface area contributed by atoms with Crippen LogP contribution in [0.2, 0.25) is 0 Å². The van der Waals surface area contributed by atoms with Gasteiger partial charge in [0.05, 0.1) is 31.7 Å². The molecule has 2 N–H and O–H groups in total. The van der Waals surface area contributed by atoms with Gasteiger partial charge in [-0.3, -0.25) is 0 Å². The molecule has 0 aliphatic heterocycles. The van der Waals surface area contributed by atoms with Crippen molar-refractivity contribution in [2.45, 2.75) is 116 Å². The second-order valence-electron chi connectivity index (χ2n) is 14.5. The van der Waals surface area contributed by atoms with Gasteiger partial charge in [0, 0.05) is 0 Å². The van der Waals surface area contributed by atoms with E-state index >= 15 is 0 Å². The van der Waals surface area contributed by atoms with Crippen LogP contribution in [0, 0.1) is 0 Å². The third-order valence-corrected chi connectivity index (χ3v) is 7.63. The molecule has 0 spiro atoms. The average Bonchev–Trinajstić information content (AvgIpc) is 2.65. The average molecular weight is 639 g/mol. The number of phenols is 2. The van der Waals surface area contributed by atoms with Crippen LogP contribution in [-0.4, -0.2) is 73.9 Å². The Bertz CT molecular complexity index is 1250. The number of benzene rings is 2. The number of rotatable bonds is 4. The maximum Gasteiger partial charge on any atom is 2.00 e.